The molecule has 104 valence electrons. The van der Waals surface area contributed by atoms with Gasteiger partial charge in [-0.25, -0.2) is 4.39 Å². The van der Waals surface area contributed by atoms with Crippen LogP contribution in [0.15, 0.2) is 18.2 Å². The molecule has 0 spiro atoms. The molecule has 0 unspecified atom stereocenters. The van der Waals surface area contributed by atoms with Crippen molar-refractivity contribution in [2.45, 2.75) is 25.6 Å². The number of ether oxygens (including phenoxy) is 1. The van der Waals surface area contributed by atoms with Crippen molar-refractivity contribution in [2.24, 2.45) is 0 Å². The van der Waals surface area contributed by atoms with Crippen LogP contribution < -0.4 is 10.6 Å². The molecule has 1 aromatic rings. The molecular weight excluding hydrogens is 251 g/mol. The first-order chi connectivity index (χ1) is 8.89. The van der Waals surface area contributed by atoms with Crippen molar-refractivity contribution < 1.29 is 19.0 Å². The molecule has 0 radical (unpaired) electrons. The van der Waals surface area contributed by atoms with Crippen LogP contribution in [0.4, 0.5) is 15.8 Å². The highest BCUT2D eigenvalue weighted by Crippen LogP contribution is 2.29. The molecule has 19 heavy (non-hydrogen) atoms. The summed E-state index contributed by atoms with van der Waals surface area (Å²) in [6.07, 6.45) is 0.493. The fourth-order valence-electron chi connectivity index (χ4n) is 2.25. The Balaban J connectivity index is 2.05. The normalized spacial score (nSPS) is 18.2. The summed E-state index contributed by atoms with van der Waals surface area (Å²) in [7, 11) is 0. The number of piperidine rings is 1. The van der Waals surface area contributed by atoms with Gasteiger partial charge in [0.2, 0.25) is 5.79 Å². The van der Waals surface area contributed by atoms with Crippen molar-refractivity contribution >= 4 is 17.3 Å². The van der Waals surface area contributed by atoms with Crippen LogP contribution in [0.1, 0.15) is 19.8 Å². The van der Waals surface area contributed by atoms with Crippen molar-refractivity contribution in [3.05, 3.63) is 24.0 Å². The first-order valence-corrected chi connectivity index (χ1v) is 6.11. The Morgan fingerprint density at radius 2 is 2.11 bits per heavy atom. The Hall–Kier alpha value is -1.82. The summed E-state index contributed by atoms with van der Waals surface area (Å²) in [6.45, 7) is 2.07. The molecule has 0 amide bonds. The third-order valence-electron chi connectivity index (χ3n) is 3.19. The summed E-state index contributed by atoms with van der Waals surface area (Å²) >= 11 is 0. The minimum atomic E-state index is -1.44. The number of hydrogen-bond acceptors (Lipinski definition) is 5. The summed E-state index contributed by atoms with van der Waals surface area (Å²) in [5.41, 5.74) is 6.31. The van der Waals surface area contributed by atoms with Crippen LogP contribution in [0.3, 0.4) is 0 Å². The van der Waals surface area contributed by atoms with Crippen molar-refractivity contribution in [3.63, 3.8) is 0 Å². The molecule has 1 aliphatic rings. The molecule has 1 fully saturated rings. The van der Waals surface area contributed by atoms with E-state index in [1.54, 1.807) is 17.0 Å². The standard InChI is InChI=1S/C13H17FN2O3/c1-9(17)19-13(18)4-6-16(7-5-13)12-3-2-10(15)8-11(12)14/h2-3,8,18H,4-7,15H2,1H3. The highest BCUT2D eigenvalue weighted by Gasteiger charge is 2.35. The van der Waals surface area contributed by atoms with Gasteiger partial charge in [0, 0.05) is 38.5 Å². The third-order valence-corrected chi connectivity index (χ3v) is 3.19. The Kier molecular flexibility index (Phi) is 3.61. The van der Waals surface area contributed by atoms with Crippen molar-refractivity contribution in [2.75, 3.05) is 23.7 Å². The van der Waals surface area contributed by atoms with Gasteiger partial charge in [-0.1, -0.05) is 0 Å². The number of carbonyl (C=O) groups is 1. The average molecular weight is 268 g/mol. The monoisotopic (exact) mass is 268 g/mol. The molecule has 0 aromatic heterocycles. The number of halogens is 1. The summed E-state index contributed by atoms with van der Waals surface area (Å²) in [4.78, 5) is 12.7. The second-order valence-corrected chi connectivity index (χ2v) is 4.74. The van der Waals surface area contributed by atoms with Crippen LogP contribution in [0, 0.1) is 5.82 Å². The maximum Gasteiger partial charge on any atom is 0.305 e. The number of anilines is 2. The van der Waals surface area contributed by atoms with E-state index < -0.39 is 17.6 Å². The Labute approximate surface area is 110 Å². The number of rotatable bonds is 2. The van der Waals surface area contributed by atoms with E-state index in [-0.39, 0.29) is 12.8 Å². The van der Waals surface area contributed by atoms with Gasteiger partial charge in [0.25, 0.3) is 0 Å². The number of nitrogen functional groups attached to an aromatic ring is 1. The SMILES string of the molecule is CC(=O)OC1(O)CCN(c2ccc(N)cc2F)CC1. The van der Waals surface area contributed by atoms with E-state index >= 15 is 0 Å². The van der Waals surface area contributed by atoms with Gasteiger partial charge >= 0.3 is 5.97 Å². The fraction of sp³-hybridized carbons (Fsp3) is 0.462. The van der Waals surface area contributed by atoms with Crippen LogP contribution >= 0.6 is 0 Å². The molecule has 6 heteroatoms. The topological polar surface area (TPSA) is 75.8 Å². The molecule has 1 aromatic carbocycles. The van der Waals surface area contributed by atoms with E-state index in [4.69, 9.17) is 10.5 Å². The average Bonchev–Trinajstić information content (AvgIpc) is 2.29. The van der Waals surface area contributed by atoms with Crippen molar-refractivity contribution in [1.29, 1.82) is 0 Å². The predicted octanol–water partition coefficient (Wildman–Crippen LogP) is 1.26. The molecule has 0 saturated carbocycles. The molecule has 2 rings (SSSR count). The third kappa shape index (κ3) is 3.14. The lowest BCUT2D eigenvalue weighted by molar-refractivity contribution is -0.214. The van der Waals surface area contributed by atoms with Gasteiger partial charge in [-0.2, -0.15) is 0 Å². The van der Waals surface area contributed by atoms with Gasteiger partial charge in [0.1, 0.15) is 5.82 Å². The first-order valence-electron chi connectivity index (χ1n) is 6.11. The Bertz CT molecular complexity index is 485. The number of esters is 1. The highest BCUT2D eigenvalue weighted by molar-refractivity contribution is 5.66. The first kappa shape index (κ1) is 13.6. The number of nitrogens with zero attached hydrogens (tertiary/aromatic N) is 1. The van der Waals surface area contributed by atoms with Gasteiger partial charge in [-0.3, -0.25) is 4.79 Å². The molecule has 0 aliphatic carbocycles. The summed E-state index contributed by atoms with van der Waals surface area (Å²) < 4.78 is 18.7. The maximum absolute atomic E-state index is 13.8. The van der Waals surface area contributed by atoms with Crippen LogP contribution in [0.5, 0.6) is 0 Å². The molecule has 0 atom stereocenters. The predicted molar refractivity (Wildman–Crippen MR) is 69.0 cm³/mol. The van der Waals surface area contributed by atoms with Gasteiger partial charge in [-0.15, -0.1) is 0 Å². The van der Waals surface area contributed by atoms with Crippen molar-refractivity contribution in [3.8, 4) is 0 Å². The second kappa shape index (κ2) is 5.05. The van der Waals surface area contributed by atoms with Crippen LogP contribution in [-0.2, 0) is 9.53 Å². The molecule has 0 bridgehead atoms. The number of nitrogens with two attached hydrogens (primary N) is 1. The lowest BCUT2D eigenvalue weighted by Crippen LogP contribution is -2.47. The molecule has 3 N–H and O–H groups in total. The summed E-state index contributed by atoms with van der Waals surface area (Å²) in [5.74, 6) is -2.35. The summed E-state index contributed by atoms with van der Waals surface area (Å²) in [5, 5.41) is 10.0. The Morgan fingerprint density at radius 1 is 1.47 bits per heavy atom. The summed E-state index contributed by atoms with van der Waals surface area (Å²) in [6, 6.07) is 4.51. The van der Waals surface area contributed by atoms with Gasteiger partial charge in [0.05, 0.1) is 5.69 Å². The lowest BCUT2D eigenvalue weighted by Gasteiger charge is -2.38. The minimum Gasteiger partial charge on any atom is -0.433 e. The molecule has 1 saturated heterocycles. The largest absolute Gasteiger partial charge is 0.433 e. The van der Waals surface area contributed by atoms with Crippen LogP contribution in [-0.4, -0.2) is 30.0 Å². The number of carbonyl (C=O) groups excluding carboxylic acids is 1. The van der Waals surface area contributed by atoms with Crippen LogP contribution in [0.25, 0.3) is 0 Å². The molecule has 1 heterocycles. The molecule has 1 aliphatic heterocycles. The van der Waals surface area contributed by atoms with E-state index in [9.17, 15) is 14.3 Å². The number of benzene rings is 1. The molecular formula is C13H17FN2O3. The van der Waals surface area contributed by atoms with Crippen molar-refractivity contribution in [1.82, 2.24) is 0 Å². The van der Waals surface area contributed by atoms with E-state index in [0.717, 1.165) is 0 Å². The maximum atomic E-state index is 13.8. The van der Waals surface area contributed by atoms with E-state index in [0.29, 0.717) is 24.5 Å². The number of hydrogen-bond donors (Lipinski definition) is 2. The Morgan fingerprint density at radius 3 is 2.63 bits per heavy atom. The minimum absolute atomic E-state index is 0.246. The highest BCUT2D eigenvalue weighted by atomic mass is 19.1. The zero-order valence-electron chi connectivity index (χ0n) is 10.7. The van der Waals surface area contributed by atoms with Crippen LogP contribution in [0.2, 0.25) is 0 Å². The van der Waals surface area contributed by atoms with Gasteiger partial charge in [0.15, 0.2) is 0 Å². The second-order valence-electron chi connectivity index (χ2n) is 4.74. The van der Waals surface area contributed by atoms with E-state index in [1.807, 2.05) is 0 Å². The quantitative estimate of drug-likeness (QED) is 0.480. The van der Waals surface area contributed by atoms with Gasteiger partial charge in [-0.05, 0) is 18.2 Å². The fourth-order valence-corrected chi connectivity index (χ4v) is 2.25. The van der Waals surface area contributed by atoms with Gasteiger partial charge < -0.3 is 20.5 Å². The zero-order chi connectivity index (χ0) is 14.0. The van der Waals surface area contributed by atoms with E-state index in [2.05, 4.69) is 0 Å². The number of aliphatic hydroxyl groups is 1. The zero-order valence-corrected chi connectivity index (χ0v) is 10.7. The van der Waals surface area contributed by atoms with E-state index in [1.165, 1.54) is 13.0 Å². The molecule has 5 nitrogen and oxygen atoms in total. The lowest BCUT2D eigenvalue weighted by atomic mass is 10.0. The smallest absolute Gasteiger partial charge is 0.305 e.